The molecule has 3 aromatic rings. The van der Waals surface area contributed by atoms with Crippen LogP contribution in [0, 0.1) is 6.92 Å². The summed E-state index contributed by atoms with van der Waals surface area (Å²) in [6.45, 7) is 3.67. The highest BCUT2D eigenvalue weighted by atomic mass is 32.2. The second kappa shape index (κ2) is 8.59. The first-order valence-corrected chi connectivity index (χ1v) is 11.0. The summed E-state index contributed by atoms with van der Waals surface area (Å²) in [4.78, 5) is 11.5. The van der Waals surface area contributed by atoms with Gasteiger partial charge in [-0.3, -0.25) is 4.79 Å². The van der Waals surface area contributed by atoms with Crippen molar-refractivity contribution in [2.45, 2.75) is 30.6 Å². The molecule has 0 fully saturated rings. The Morgan fingerprint density at radius 1 is 1.04 bits per heavy atom. The van der Waals surface area contributed by atoms with Gasteiger partial charge in [-0.05, 0) is 18.1 Å². The quantitative estimate of drug-likeness (QED) is 0.576. The average Bonchev–Trinajstić information content (AvgIpc) is 3.17. The Balaban J connectivity index is 1.91. The van der Waals surface area contributed by atoms with Crippen molar-refractivity contribution in [2.75, 3.05) is 5.32 Å². The number of anilines is 1. The van der Waals surface area contributed by atoms with Gasteiger partial charge in [0.15, 0.2) is 0 Å². The van der Waals surface area contributed by atoms with E-state index in [1.165, 1.54) is 0 Å². The summed E-state index contributed by atoms with van der Waals surface area (Å²) in [5.41, 5.74) is 2.70. The van der Waals surface area contributed by atoms with E-state index in [9.17, 15) is 13.2 Å². The van der Waals surface area contributed by atoms with Gasteiger partial charge in [0.05, 0.1) is 6.04 Å². The van der Waals surface area contributed by atoms with Gasteiger partial charge in [0.25, 0.3) is 10.0 Å². The Kier molecular flexibility index (Phi) is 6.18. The van der Waals surface area contributed by atoms with Crippen molar-refractivity contribution >= 4 is 32.4 Å². The number of carbonyl (C=O) groups is 1. The fourth-order valence-corrected chi connectivity index (χ4v) is 4.66. The number of rotatable bonds is 7. The minimum atomic E-state index is -3.94. The lowest BCUT2D eigenvalue weighted by Gasteiger charge is -2.19. The van der Waals surface area contributed by atoms with Gasteiger partial charge in [-0.25, -0.2) is 8.42 Å². The predicted molar refractivity (Wildman–Crippen MR) is 109 cm³/mol. The Labute approximate surface area is 167 Å². The van der Waals surface area contributed by atoms with E-state index in [4.69, 9.17) is 0 Å². The van der Waals surface area contributed by atoms with Crippen LogP contribution in [0.3, 0.4) is 0 Å². The standard InChI is InChI=1S/C19H20N4O3S2/c1-3-16(24)20-18-21-22-19(27-18)28(25,26)23-17(14-7-5-4-6-8-14)15-11-9-13(2)10-12-15/h4-12,17,23H,3H2,1-2H3,(H,20,21,24). The molecule has 7 nitrogen and oxygen atoms in total. The van der Waals surface area contributed by atoms with E-state index >= 15 is 0 Å². The van der Waals surface area contributed by atoms with Crippen LogP contribution in [0.1, 0.15) is 36.1 Å². The number of nitrogens with one attached hydrogen (secondary N) is 2. The molecule has 0 aliphatic heterocycles. The number of amides is 1. The van der Waals surface area contributed by atoms with Gasteiger partial charge < -0.3 is 5.32 Å². The van der Waals surface area contributed by atoms with Crippen molar-refractivity contribution < 1.29 is 13.2 Å². The van der Waals surface area contributed by atoms with Crippen LogP contribution in [0.4, 0.5) is 5.13 Å². The molecule has 9 heteroatoms. The Bertz CT molecular complexity index is 1050. The highest BCUT2D eigenvalue weighted by Gasteiger charge is 2.26. The van der Waals surface area contributed by atoms with Crippen molar-refractivity contribution in [3.63, 3.8) is 0 Å². The third-order valence-corrected chi connectivity index (χ3v) is 6.65. The van der Waals surface area contributed by atoms with Gasteiger partial charge in [0, 0.05) is 6.42 Å². The molecule has 2 aromatic carbocycles. The van der Waals surface area contributed by atoms with Crippen molar-refractivity contribution in [2.24, 2.45) is 0 Å². The van der Waals surface area contributed by atoms with E-state index in [1.54, 1.807) is 6.92 Å². The molecule has 0 bridgehead atoms. The summed E-state index contributed by atoms with van der Waals surface area (Å²) in [5.74, 6) is -0.255. The van der Waals surface area contributed by atoms with E-state index in [0.29, 0.717) is 0 Å². The van der Waals surface area contributed by atoms with Crippen LogP contribution in [0.5, 0.6) is 0 Å². The largest absolute Gasteiger partial charge is 0.301 e. The van der Waals surface area contributed by atoms with Crippen LogP contribution in [0.25, 0.3) is 0 Å². The number of sulfonamides is 1. The Hall–Kier alpha value is -2.62. The zero-order chi connectivity index (χ0) is 20.1. The number of hydrogen-bond donors (Lipinski definition) is 2. The second-order valence-corrected chi connectivity index (χ2v) is 9.02. The molecule has 0 saturated heterocycles. The second-order valence-electron chi connectivity index (χ2n) is 6.15. The summed E-state index contributed by atoms with van der Waals surface area (Å²) in [7, 11) is -3.94. The average molecular weight is 417 g/mol. The zero-order valence-electron chi connectivity index (χ0n) is 15.4. The summed E-state index contributed by atoms with van der Waals surface area (Å²) < 4.78 is 28.3. The van der Waals surface area contributed by atoms with Crippen molar-refractivity contribution in [1.82, 2.24) is 14.9 Å². The van der Waals surface area contributed by atoms with Gasteiger partial charge >= 0.3 is 0 Å². The van der Waals surface area contributed by atoms with Gasteiger partial charge in [0.2, 0.25) is 15.4 Å². The molecule has 0 spiro atoms. The molecule has 1 atom stereocenters. The van der Waals surface area contributed by atoms with Crippen LogP contribution in [0.2, 0.25) is 0 Å². The number of carbonyl (C=O) groups excluding carboxylic acids is 1. The molecule has 0 aliphatic carbocycles. The fraction of sp³-hybridized carbons (Fsp3) is 0.211. The number of aromatic nitrogens is 2. The van der Waals surface area contributed by atoms with Gasteiger partial charge in [-0.15, -0.1) is 10.2 Å². The molecule has 0 radical (unpaired) electrons. The van der Waals surface area contributed by atoms with Crippen LogP contribution in [-0.2, 0) is 14.8 Å². The molecular formula is C19H20N4O3S2. The van der Waals surface area contributed by atoms with E-state index in [2.05, 4.69) is 20.2 Å². The topological polar surface area (TPSA) is 101 Å². The first-order chi connectivity index (χ1) is 13.4. The molecule has 1 heterocycles. The van der Waals surface area contributed by atoms with Gasteiger partial charge in [-0.1, -0.05) is 78.4 Å². The lowest BCUT2D eigenvalue weighted by molar-refractivity contribution is -0.115. The van der Waals surface area contributed by atoms with Crippen molar-refractivity contribution in [3.05, 3.63) is 71.3 Å². The maximum atomic E-state index is 12.9. The first kappa shape index (κ1) is 20.1. The SMILES string of the molecule is CCC(=O)Nc1nnc(S(=O)(=O)NC(c2ccccc2)c2ccc(C)cc2)s1. The molecule has 28 heavy (non-hydrogen) atoms. The molecule has 3 rings (SSSR count). The van der Waals surface area contributed by atoms with E-state index in [1.807, 2.05) is 61.5 Å². The highest BCUT2D eigenvalue weighted by Crippen LogP contribution is 2.27. The molecule has 1 unspecified atom stereocenters. The van der Waals surface area contributed by atoms with Crippen LogP contribution < -0.4 is 10.0 Å². The first-order valence-electron chi connectivity index (χ1n) is 8.66. The molecular weight excluding hydrogens is 396 g/mol. The van der Waals surface area contributed by atoms with E-state index < -0.39 is 16.1 Å². The molecule has 1 amide bonds. The predicted octanol–water partition coefficient (Wildman–Crippen LogP) is 3.26. The fourth-order valence-electron chi connectivity index (χ4n) is 2.52. The summed E-state index contributed by atoms with van der Waals surface area (Å²) in [6.07, 6.45) is 0.267. The summed E-state index contributed by atoms with van der Waals surface area (Å²) in [5, 5.41) is 10.2. The summed E-state index contributed by atoms with van der Waals surface area (Å²) in [6, 6.07) is 16.4. The molecule has 0 aliphatic rings. The lowest BCUT2D eigenvalue weighted by atomic mass is 9.99. The number of hydrogen-bond acceptors (Lipinski definition) is 6. The van der Waals surface area contributed by atoms with Crippen molar-refractivity contribution in [3.8, 4) is 0 Å². The zero-order valence-corrected chi connectivity index (χ0v) is 17.0. The minimum Gasteiger partial charge on any atom is -0.301 e. The normalized spacial score (nSPS) is 12.5. The van der Waals surface area contributed by atoms with E-state index in [0.717, 1.165) is 28.0 Å². The third-order valence-electron chi connectivity index (χ3n) is 4.02. The molecule has 1 aromatic heterocycles. The van der Waals surface area contributed by atoms with Gasteiger partial charge in [-0.2, -0.15) is 4.72 Å². The maximum absolute atomic E-state index is 12.9. The monoisotopic (exact) mass is 416 g/mol. The smallest absolute Gasteiger partial charge is 0.270 e. The minimum absolute atomic E-state index is 0.152. The number of benzene rings is 2. The molecule has 0 saturated carbocycles. The lowest BCUT2D eigenvalue weighted by Crippen LogP contribution is -2.29. The maximum Gasteiger partial charge on any atom is 0.270 e. The Morgan fingerprint density at radius 3 is 2.32 bits per heavy atom. The summed E-state index contributed by atoms with van der Waals surface area (Å²) >= 11 is 0.814. The van der Waals surface area contributed by atoms with Crippen LogP contribution >= 0.6 is 11.3 Å². The van der Waals surface area contributed by atoms with Crippen LogP contribution in [0.15, 0.2) is 58.9 Å². The Morgan fingerprint density at radius 2 is 1.68 bits per heavy atom. The molecule has 146 valence electrons. The molecule has 2 N–H and O–H groups in total. The third kappa shape index (κ3) is 4.80. The number of nitrogens with zero attached hydrogens (tertiary/aromatic N) is 2. The highest BCUT2D eigenvalue weighted by molar-refractivity contribution is 7.91. The number of aryl methyl sites for hydroxylation is 1. The van der Waals surface area contributed by atoms with Gasteiger partial charge in [0.1, 0.15) is 0 Å². The van der Waals surface area contributed by atoms with Crippen molar-refractivity contribution in [1.29, 1.82) is 0 Å². The van der Waals surface area contributed by atoms with Crippen LogP contribution in [-0.4, -0.2) is 24.5 Å². The van der Waals surface area contributed by atoms with E-state index in [-0.39, 0.29) is 21.8 Å².